The average Bonchev–Trinajstić information content (AvgIpc) is 3.38. The SMILES string of the molecule is CN=C(NCC1CCN(c2ccccc2OC)C1)NCC1(CCO)CCOC1. The third-order valence-corrected chi connectivity index (χ3v) is 5.95. The molecule has 3 rings (SSSR count). The summed E-state index contributed by atoms with van der Waals surface area (Å²) in [6.45, 7) is 5.36. The van der Waals surface area contributed by atoms with Gasteiger partial charge in [-0.2, -0.15) is 0 Å². The van der Waals surface area contributed by atoms with Crippen molar-refractivity contribution >= 4 is 11.6 Å². The van der Waals surface area contributed by atoms with Gasteiger partial charge in [-0.1, -0.05) is 12.1 Å². The summed E-state index contributed by atoms with van der Waals surface area (Å²) in [6, 6.07) is 8.21. The lowest BCUT2D eigenvalue weighted by atomic mass is 9.84. The maximum absolute atomic E-state index is 9.37. The quantitative estimate of drug-likeness (QED) is 0.461. The summed E-state index contributed by atoms with van der Waals surface area (Å²) in [5, 5.41) is 16.3. The van der Waals surface area contributed by atoms with E-state index in [4.69, 9.17) is 9.47 Å². The van der Waals surface area contributed by atoms with E-state index in [0.717, 1.165) is 63.8 Å². The molecule has 2 fully saturated rings. The lowest BCUT2D eigenvalue weighted by Crippen LogP contribution is -2.45. The molecule has 0 spiro atoms. The van der Waals surface area contributed by atoms with Crippen molar-refractivity contribution in [1.29, 1.82) is 0 Å². The largest absolute Gasteiger partial charge is 0.495 e. The van der Waals surface area contributed by atoms with E-state index in [1.54, 1.807) is 14.2 Å². The molecule has 2 atom stereocenters. The summed E-state index contributed by atoms with van der Waals surface area (Å²) in [7, 11) is 3.53. The van der Waals surface area contributed by atoms with Crippen molar-refractivity contribution in [3.8, 4) is 5.75 Å². The molecule has 2 aliphatic heterocycles. The number of hydrogen-bond acceptors (Lipinski definition) is 5. The van der Waals surface area contributed by atoms with Gasteiger partial charge in [0, 0.05) is 51.9 Å². The second-order valence-electron chi connectivity index (χ2n) is 7.86. The maximum atomic E-state index is 9.37. The number of hydrogen-bond donors (Lipinski definition) is 3. The van der Waals surface area contributed by atoms with E-state index in [2.05, 4.69) is 32.7 Å². The molecule has 0 aliphatic carbocycles. The van der Waals surface area contributed by atoms with E-state index in [9.17, 15) is 5.11 Å². The number of nitrogens with zero attached hydrogens (tertiary/aromatic N) is 2. The van der Waals surface area contributed by atoms with Crippen LogP contribution < -0.4 is 20.3 Å². The predicted octanol–water partition coefficient (Wildman–Crippen LogP) is 1.48. The van der Waals surface area contributed by atoms with Crippen molar-refractivity contribution in [2.45, 2.75) is 19.3 Å². The van der Waals surface area contributed by atoms with Crippen LogP contribution in [-0.4, -0.2) is 71.2 Å². The normalized spacial score (nSPS) is 25.2. The number of benzene rings is 1. The molecule has 156 valence electrons. The molecule has 0 aromatic heterocycles. The molecule has 2 aliphatic rings. The number of ether oxygens (including phenoxy) is 2. The van der Waals surface area contributed by atoms with Crippen LogP contribution in [0.2, 0.25) is 0 Å². The molecule has 2 saturated heterocycles. The molecule has 1 aromatic carbocycles. The van der Waals surface area contributed by atoms with Crippen LogP contribution in [0.5, 0.6) is 5.75 Å². The molecule has 0 amide bonds. The van der Waals surface area contributed by atoms with Gasteiger partial charge in [0.05, 0.1) is 19.4 Å². The highest BCUT2D eigenvalue weighted by Crippen LogP contribution is 2.32. The third-order valence-electron chi connectivity index (χ3n) is 5.95. The second kappa shape index (κ2) is 9.98. The summed E-state index contributed by atoms with van der Waals surface area (Å²) < 4.78 is 11.1. The van der Waals surface area contributed by atoms with Gasteiger partial charge in [-0.15, -0.1) is 0 Å². The minimum atomic E-state index is 0.0143. The minimum absolute atomic E-state index is 0.0143. The highest BCUT2D eigenvalue weighted by molar-refractivity contribution is 5.79. The molecule has 0 radical (unpaired) electrons. The Kier molecular flexibility index (Phi) is 7.39. The number of guanidine groups is 1. The highest BCUT2D eigenvalue weighted by atomic mass is 16.5. The molecule has 2 unspecified atom stereocenters. The number of rotatable bonds is 8. The van der Waals surface area contributed by atoms with Crippen LogP contribution in [-0.2, 0) is 4.74 Å². The topological polar surface area (TPSA) is 78.4 Å². The highest BCUT2D eigenvalue weighted by Gasteiger charge is 2.34. The van der Waals surface area contributed by atoms with E-state index >= 15 is 0 Å². The molecule has 1 aromatic rings. The maximum Gasteiger partial charge on any atom is 0.191 e. The zero-order valence-electron chi connectivity index (χ0n) is 17.1. The Morgan fingerprint density at radius 3 is 2.96 bits per heavy atom. The molecule has 7 nitrogen and oxygen atoms in total. The van der Waals surface area contributed by atoms with Gasteiger partial charge >= 0.3 is 0 Å². The number of aliphatic imine (C=N–C) groups is 1. The van der Waals surface area contributed by atoms with Crippen LogP contribution in [0.25, 0.3) is 0 Å². The Morgan fingerprint density at radius 1 is 1.39 bits per heavy atom. The number of aliphatic hydroxyl groups excluding tert-OH is 1. The number of nitrogens with one attached hydrogen (secondary N) is 2. The first kappa shape index (κ1) is 20.7. The van der Waals surface area contributed by atoms with Crippen molar-refractivity contribution in [3.05, 3.63) is 24.3 Å². The van der Waals surface area contributed by atoms with Gasteiger partial charge in [0.25, 0.3) is 0 Å². The van der Waals surface area contributed by atoms with Crippen LogP contribution in [0.4, 0.5) is 5.69 Å². The molecule has 3 N–H and O–H groups in total. The molecule has 0 saturated carbocycles. The van der Waals surface area contributed by atoms with Crippen molar-refractivity contribution < 1.29 is 14.6 Å². The first-order valence-electron chi connectivity index (χ1n) is 10.2. The Morgan fingerprint density at radius 2 is 2.25 bits per heavy atom. The molecular formula is C21H34N4O3. The van der Waals surface area contributed by atoms with E-state index in [1.165, 1.54) is 5.69 Å². The fourth-order valence-electron chi connectivity index (χ4n) is 4.15. The molecule has 2 heterocycles. The summed E-state index contributed by atoms with van der Waals surface area (Å²) in [6.07, 6.45) is 2.88. The standard InChI is InChI=1S/C21H34N4O3/c1-22-20(24-15-21(8-11-26)9-12-28-16-21)23-13-17-7-10-25(14-17)18-5-3-4-6-19(18)27-2/h3-6,17,26H,7-16H2,1-2H3,(H2,22,23,24). The molecular weight excluding hydrogens is 356 g/mol. The van der Waals surface area contributed by atoms with Crippen molar-refractivity contribution in [3.63, 3.8) is 0 Å². The van der Waals surface area contributed by atoms with Gasteiger partial charge < -0.3 is 30.1 Å². The summed E-state index contributed by atoms with van der Waals surface area (Å²) >= 11 is 0. The Bertz CT molecular complexity index is 646. The van der Waals surface area contributed by atoms with Gasteiger partial charge in [0.2, 0.25) is 0 Å². The second-order valence-corrected chi connectivity index (χ2v) is 7.86. The van der Waals surface area contributed by atoms with E-state index in [1.807, 2.05) is 12.1 Å². The van der Waals surface area contributed by atoms with Crippen molar-refractivity contribution in [2.24, 2.45) is 16.3 Å². The summed E-state index contributed by atoms with van der Waals surface area (Å²) in [5.41, 5.74) is 1.18. The fourth-order valence-corrected chi connectivity index (χ4v) is 4.15. The molecule has 0 bridgehead atoms. The fraction of sp³-hybridized carbons (Fsp3) is 0.667. The van der Waals surface area contributed by atoms with Crippen LogP contribution in [0.15, 0.2) is 29.3 Å². The number of para-hydroxylation sites is 2. The monoisotopic (exact) mass is 390 g/mol. The Hall–Kier alpha value is -1.99. The van der Waals surface area contributed by atoms with Crippen LogP contribution >= 0.6 is 0 Å². The van der Waals surface area contributed by atoms with Gasteiger partial charge in [-0.3, -0.25) is 4.99 Å². The molecule has 7 heteroatoms. The average molecular weight is 391 g/mol. The predicted molar refractivity (Wildman–Crippen MR) is 112 cm³/mol. The summed E-state index contributed by atoms with van der Waals surface area (Å²) in [4.78, 5) is 6.76. The van der Waals surface area contributed by atoms with Crippen molar-refractivity contribution in [1.82, 2.24) is 10.6 Å². The Balaban J connectivity index is 1.47. The first-order valence-corrected chi connectivity index (χ1v) is 10.2. The molecule has 28 heavy (non-hydrogen) atoms. The zero-order valence-corrected chi connectivity index (χ0v) is 17.1. The lowest BCUT2D eigenvalue weighted by Gasteiger charge is -2.28. The van der Waals surface area contributed by atoms with Gasteiger partial charge in [-0.25, -0.2) is 0 Å². The van der Waals surface area contributed by atoms with Crippen LogP contribution in [0, 0.1) is 11.3 Å². The minimum Gasteiger partial charge on any atom is -0.495 e. The van der Waals surface area contributed by atoms with E-state index in [0.29, 0.717) is 12.5 Å². The Labute approximate surface area is 168 Å². The zero-order chi connectivity index (χ0) is 19.8. The third kappa shape index (κ3) is 5.08. The van der Waals surface area contributed by atoms with Crippen LogP contribution in [0.1, 0.15) is 19.3 Å². The van der Waals surface area contributed by atoms with E-state index in [-0.39, 0.29) is 12.0 Å². The number of aliphatic hydroxyl groups is 1. The van der Waals surface area contributed by atoms with Gasteiger partial charge in [0.1, 0.15) is 5.75 Å². The summed E-state index contributed by atoms with van der Waals surface area (Å²) in [5.74, 6) is 2.31. The lowest BCUT2D eigenvalue weighted by molar-refractivity contribution is 0.127. The van der Waals surface area contributed by atoms with Crippen molar-refractivity contribution in [2.75, 3.05) is 65.1 Å². The van der Waals surface area contributed by atoms with Gasteiger partial charge in [0.15, 0.2) is 5.96 Å². The number of anilines is 1. The number of methoxy groups -OCH3 is 1. The van der Waals surface area contributed by atoms with E-state index < -0.39 is 0 Å². The first-order chi connectivity index (χ1) is 13.7. The van der Waals surface area contributed by atoms with Gasteiger partial charge in [-0.05, 0) is 37.3 Å². The smallest absolute Gasteiger partial charge is 0.191 e. The van der Waals surface area contributed by atoms with Crippen LogP contribution in [0.3, 0.4) is 0 Å².